The smallest absolute Gasteiger partial charge is 0.339 e. The van der Waals surface area contributed by atoms with Crippen LogP contribution in [0.15, 0.2) is 24.3 Å². The molecule has 1 aromatic carbocycles. The summed E-state index contributed by atoms with van der Waals surface area (Å²) in [7, 11) is 4.25. The largest absolute Gasteiger partial charge is 0.493 e. The first-order valence-electron chi connectivity index (χ1n) is 7.42. The highest BCUT2D eigenvalue weighted by Crippen LogP contribution is 2.18. The van der Waals surface area contributed by atoms with E-state index in [1.165, 1.54) is 6.42 Å². The molecule has 1 N–H and O–H groups in total. The Morgan fingerprint density at radius 2 is 2.19 bits per heavy atom. The fourth-order valence-electron chi connectivity index (χ4n) is 2.68. The van der Waals surface area contributed by atoms with Gasteiger partial charge in [0.1, 0.15) is 11.3 Å². The maximum Gasteiger partial charge on any atom is 0.339 e. The Bertz CT molecular complexity index is 476. The second-order valence-electron chi connectivity index (χ2n) is 5.71. The highest BCUT2D eigenvalue weighted by atomic mass is 16.5. The highest BCUT2D eigenvalue weighted by Gasteiger charge is 2.23. The first-order chi connectivity index (χ1) is 10.1. The van der Waals surface area contributed by atoms with E-state index in [0.29, 0.717) is 18.4 Å². The van der Waals surface area contributed by atoms with Gasteiger partial charge in [0.15, 0.2) is 0 Å². The van der Waals surface area contributed by atoms with E-state index in [4.69, 9.17) is 9.84 Å². The molecule has 0 aliphatic carbocycles. The van der Waals surface area contributed by atoms with Gasteiger partial charge in [-0.2, -0.15) is 0 Å². The summed E-state index contributed by atoms with van der Waals surface area (Å²) in [6.45, 7) is 3.79. The number of para-hydroxylation sites is 1. The topological polar surface area (TPSA) is 53.0 Å². The standard InChI is InChI=1S/C16H24N2O3/c1-17(2)13-8-10-18(12-13)9-5-11-21-15-7-4-3-6-14(15)16(19)20/h3-4,6-7,13H,5,8-12H2,1-2H3,(H,19,20). The average Bonchev–Trinajstić information content (AvgIpc) is 2.93. The zero-order chi connectivity index (χ0) is 15.2. The summed E-state index contributed by atoms with van der Waals surface area (Å²) in [6, 6.07) is 7.44. The lowest BCUT2D eigenvalue weighted by atomic mass is 10.2. The molecule has 1 heterocycles. The van der Waals surface area contributed by atoms with Crippen molar-refractivity contribution in [1.29, 1.82) is 0 Å². The van der Waals surface area contributed by atoms with Gasteiger partial charge in [0.05, 0.1) is 6.61 Å². The van der Waals surface area contributed by atoms with Crippen LogP contribution < -0.4 is 4.74 Å². The first kappa shape index (κ1) is 15.8. The Balaban J connectivity index is 1.72. The Morgan fingerprint density at radius 1 is 1.43 bits per heavy atom. The molecule has 0 spiro atoms. The number of rotatable bonds is 7. The van der Waals surface area contributed by atoms with Crippen molar-refractivity contribution in [2.75, 3.05) is 40.3 Å². The Labute approximate surface area is 126 Å². The van der Waals surface area contributed by atoms with Gasteiger partial charge in [0.2, 0.25) is 0 Å². The van der Waals surface area contributed by atoms with Gasteiger partial charge >= 0.3 is 5.97 Å². The molecule has 1 saturated heterocycles. The molecule has 0 radical (unpaired) electrons. The number of carboxylic acids is 1. The van der Waals surface area contributed by atoms with Crippen molar-refractivity contribution in [1.82, 2.24) is 9.80 Å². The zero-order valence-electron chi connectivity index (χ0n) is 12.8. The SMILES string of the molecule is CN(C)C1CCN(CCCOc2ccccc2C(=O)O)C1. The Morgan fingerprint density at radius 3 is 2.86 bits per heavy atom. The zero-order valence-corrected chi connectivity index (χ0v) is 12.8. The van der Waals surface area contributed by atoms with Crippen LogP contribution in [-0.4, -0.2) is 67.3 Å². The summed E-state index contributed by atoms with van der Waals surface area (Å²) < 4.78 is 5.61. The molecule has 1 fully saturated rings. The number of nitrogens with zero attached hydrogens (tertiary/aromatic N) is 2. The minimum Gasteiger partial charge on any atom is -0.493 e. The third-order valence-electron chi connectivity index (χ3n) is 3.97. The van der Waals surface area contributed by atoms with Gasteiger partial charge in [-0.15, -0.1) is 0 Å². The van der Waals surface area contributed by atoms with E-state index in [-0.39, 0.29) is 5.56 Å². The van der Waals surface area contributed by atoms with Crippen LogP contribution in [-0.2, 0) is 0 Å². The second kappa shape index (κ2) is 7.43. The number of hydrogen-bond acceptors (Lipinski definition) is 4. The normalized spacial score (nSPS) is 19.1. The maximum atomic E-state index is 11.1. The molecule has 1 aromatic rings. The van der Waals surface area contributed by atoms with E-state index >= 15 is 0 Å². The van der Waals surface area contributed by atoms with Crippen molar-refractivity contribution in [2.24, 2.45) is 0 Å². The minimum absolute atomic E-state index is 0.228. The molecular weight excluding hydrogens is 268 g/mol. The molecule has 0 saturated carbocycles. The molecule has 1 unspecified atom stereocenters. The van der Waals surface area contributed by atoms with Gasteiger partial charge in [0.25, 0.3) is 0 Å². The van der Waals surface area contributed by atoms with Crippen molar-refractivity contribution in [3.8, 4) is 5.75 Å². The van der Waals surface area contributed by atoms with Crippen LogP contribution in [0.2, 0.25) is 0 Å². The molecule has 0 aromatic heterocycles. The van der Waals surface area contributed by atoms with E-state index in [1.54, 1.807) is 24.3 Å². The van der Waals surface area contributed by atoms with Crippen LogP contribution in [0, 0.1) is 0 Å². The second-order valence-corrected chi connectivity index (χ2v) is 5.71. The number of ether oxygens (including phenoxy) is 1. The molecule has 5 nitrogen and oxygen atoms in total. The number of likely N-dealkylation sites (tertiary alicyclic amines) is 1. The third-order valence-corrected chi connectivity index (χ3v) is 3.97. The van der Waals surface area contributed by atoms with Gasteiger partial charge < -0.3 is 19.6 Å². The number of benzene rings is 1. The minimum atomic E-state index is -0.945. The molecule has 116 valence electrons. The Kier molecular flexibility index (Phi) is 5.59. The van der Waals surface area contributed by atoms with E-state index in [9.17, 15) is 4.79 Å². The van der Waals surface area contributed by atoms with Crippen molar-refractivity contribution in [2.45, 2.75) is 18.9 Å². The lowest BCUT2D eigenvalue weighted by Gasteiger charge is -2.20. The average molecular weight is 292 g/mol. The van der Waals surface area contributed by atoms with Crippen LogP contribution in [0.25, 0.3) is 0 Å². The summed E-state index contributed by atoms with van der Waals surface area (Å²) in [5, 5.41) is 9.08. The number of carboxylic acid groups (broad SMARTS) is 1. The third kappa shape index (κ3) is 4.44. The fraction of sp³-hybridized carbons (Fsp3) is 0.562. The summed E-state index contributed by atoms with van der Waals surface area (Å²) >= 11 is 0. The lowest BCUT2D eigenvalue weighted by molar-refractivity contribution is 0.0692. The van der Waals surface area contributed by atoms with Crippen LogP contribution in [0.3, 0.4) is 0 Å². The lowest BCUT2D eigenvalue weighted by Crippen LogP contribution is -2.32. The van der Waals surface area contributed by atoms with Crippen molar-refractivity contribution < 1.29 is 14.6 Å². The number of aromatic carboxylic acids is 1. The van der Waals surface area contributed by atoms with Crippen LogP contribution in [0.5, 0.6) is 5.75 Å². The van der Waals surface area contributed by atoms with Crippen molar-refractivity contribution in [3.63, 3.8) is 0 Å². The quantitative estimate of drug-likeness (QED) is 0.777. The van der Waals surface area contributed by atoms with Gasteiger partial charge in [-0.05, 0) is 45.6 Å². The van der Waals surface area contributed by atoms with Crippen LogP contribution in [0.4, 0.5) is 0 Å². The van der Waals surface area contributed by atoms with Crippen molar-refractivity contribution in [3.05, 3.63) is 29.8 Å². The molecule has 2 rings (SSSR count). The monoisotopic (exact) mass is 292 g/mol. The van der Waals surface area contributed by atoms with E-state index in [1.807, 2.05) is 0 Å². The molecule has 0 amide bonds. The van der Waals surface area contributed by atoms with Crippen molar-refractivity contribution >= 4 is 5.97 Å². The molecule has 1 atom stereocenters. The highest BCUT2D eigenvalue weighted by molar-refractivity contribution is 5.90. The van der Waals surface area contributed by atoms with Crippen LogP contribution >= 0.6 is 0 Å². The maximum absolute atomic E-state index is 11.1. The molecule has 1 aliphatic heterocycles. The summed E-state index contributed by atoms with van der Waals surface area (Å²) in [6.07, 6.45) is 2.13. The van der Waals surface area contributed by atoms with Gasteiger partial charge in [0, 0.05) is 19.1 Å². The molecule has 21 heavy (non-hydrogen) atoms. The summed E-state index contributed by atoms with van der Waals surface area (Å²) in [4.78, 5) is 15.8. The van der Waals surface area contributed by atoms with Gasteiger partial charge in [-0.1, -0.05) is 12.1 Å². The summed E-state index contributed by atoms with van der Waals surface area (Å²) in [5.74, 6) is -0.489. The fourth-order valence-corrected chi connectivity index (χ4v) is 2.68. The molecule has 5 heteroatoms. The predicted octanol–water partition coefficient (Wildman–Crippen LogP) is 1.79. The van der Waals surface area contributed by atoms with E-state index < -0.39 is 5.97 Å². The molecular formula is C16H24N2O3. The Hall–Kier alpha value is -1.59. The summed E-state index contributed by atoms with van der Waals surface area (Å²) in [5.41, 5.74) is 0.228. The predicted molar refractivity (Wildman–Crippen MR) is 82.0 cm³/mol. The number of carbonyl (C=O) groups is 1. The molecule has 0 bridgehead atoms. The van der Waals surface area contributed by atoms with E-state index in [2.05, 4.69) is 23.9 Å². The van der Waals surface area contributed by atoms with E-state index in [0.717, 1.165) is 26.1 Å². The number of hydrogen-bond donors (Lipinski definition) is 1. The van der Waals surface area contributed by atoms with Crippen LogP contribution in [0.1, 0.15) is 23.2 Å². The first-order valence-corrected chi connectivity index (χ1v) is 7.42. The number of likely N-dealkylation sites (N-methyl/N-ethyl adjacent to an activating group) is 1. The van der Waals surface area contributed by atoms with Gasteiger partial charge in [-0.3, -0.25) is 0 Å². The molecule has 1 aliphatic rings. The van der Waals surface area contributed by atoms with Gasteiger partial charge in [-0.25, -0.2) is 4.79 Å².